The van der Waals surface area contributed by atoms with Crippen LogP contribution in [0.3, 0.4) is 0 Å². The number of carboxylic acid groups (broad SMARTS) is 1. The molecule has 8 nitrogen and oxygen atoms in total. The molecule has 2 aliphatic rings. The average molecular weight is 823 g/mol. The molecule has 12 heteroatoms. The van der Waals surface area contributed by atoms with E-state index in [-0.39, 0.29) is 24.0 Å². The summed E-state index contributed by atoms with van der Waals surface area (Å²) in [5, 5.41) is 13.6. The smallest absolute Gasteiger partial charge is 0.309 e. The van der Waals surface area contributed by atoms with Crippen molar-refractivity contribution in [2.75, 3.05) is 19.5 Å². The first-order valence-electron chi connectivity index (χ1n) is 18.6. The summed E-state index contributed by atoms with van der Waals surface area (Å²) in [6, 6.07) is 34.5. The van der Waals surface area contributed by atoms with Gasteiger partial charge in [-0.05, 0) is 82.9 Å². The van der Waals surface area contributed by atoms with Crippen molar-refractivity contribution >= 4 is 63.9 Å². The summed E-state index contributed by atoms with van der Waals surface area (Å²) in [5.74, 6) is -3.56. The molecule has 5 atom stereocenters. The van der Waals surface area contributed by atoms with E-state index in [1.54, 1.807) is 25.1 Å². The van der Waals surface area contributed by atoms with Gasteiger partial charge in [0, 0.05) is 16.0 Å². The van der Waals surface area contributed by atoms with Gasteiger partial charge in [-0.1, -0.05) is 129 Å². The first kappa shape index (κ1) is 41.1. The molecule has 1 saturated heterocycles. The van der Waals surface area contributed by atoms with E-state index >= 15 is 4.79 Å². The van der Waals surface area contributed by atoms with Gasteiger partial charge < -0.3 is 14.4 Å². The van der Waals surface area contributed by atoms with Gasteiger partial charge in [-0.15, -0.1) is 0 Å². The summed E-state index contributed by atoms with van der Waals surface area (Å²) >= 11 is 13.0. The minimum Gasteiger partial charge on any atom is -0.481 e. The molecule has 0 radical (unpaired) electrons. The van der Waals surface area contributed by atoms with Gasteiger partial charge in [0.2, 0.25) is 5.91 Å². The molecule has 1 aliphatic heterocycles. The zero-order chi connectivity index (χ0) is 39.8. The lowest BCUT2D eigenvalue weighted by Crippen LogP contribution is -2.68. The van der Waals surface area contributed by atoms with Crippen molar-refractivity contribution in [3.8, 4) is 0 Å². The minimum absolute atomic E-state index is 0.0786. The summed E-state index contributed by atoms with van der Waals surface area (Å²) < 4.78 is 37.2. The molecular formula is C43H49Cl2NO7SSi. The molecule has 0 spiro atoms. The topological polar surface area (TPSA) is 110 Å². The van der Waals surface area contributed by atoms with E-state index in [1.165, 1.54) is 0 Å². The van der Waals surface area contributed by atoms with Gasteiger partial charge in [0.15, 0.2) is 0 Å². The standard InChI is InChI=1S/C43H49Cl2NO7SSi/c1-42(2,3)55(34-15-8-6-9-16-34,35-17-10-7-11-18-35)53-28-38(29-19-20-29)46-39(30-21-23-32(44)24-22-30)36(31-13-12-14-33(45)25-31)26-43(4,41(46)49)37(40(47)48)27-52-54(5,50)51/h6-18,21-25,29,36-39H,19-20,26-28H2,1-5H3,(H,47,48)/t36-,37?,38-,39-,43-/m1/s1. The second-order valence-corrected chi connectivity index (χ2v) is 23.1. The number of hydrogen-bond donors (Lipinski definition) is 1. The van der Waals surface area contributed by atoms with Gasteiger partial charge in [-0.3, -0.25) is 13.8 Å². The number of carbonyl (C=O) groups excluding carboxylic acids is 1. The van der Waals surface area contributed by atoms with Crippen molar-refractivity contribution in [1.82, 2.24) is 4.90 Å². The van der Waals surface area contributed by atoms with E-state index in [4.69, 9.17) is 31.8 Å². The van der Waals surface area contributed by atoms with Crippen LogP contribution in [-0.4, -0.2) is 64.1 Å². The monoisotopic (exact) mass is 821 g/mol. The van der Waals surface area contributed by atoms with Crippen LogP contribution in [-0.2, 0) is 28.3 Å². The highest BCUT2D eigenvalue weighted by Crippen LogP contribution is 2.55. The van der Waals surface area contributed by atoms with Crippen molar-refractivity contribution in [3.63, 3.8) is 0 Å². The molecular weight excluding hydrogens is 774 g/mol. The maximum atomic E-state index is 15.6. The number of carboxylic acids is 1. The van der Waals surface area contributed by atoms with Crippen LogP contribution in [0.4, 0.5) is 0 Å². The van der Waals surface area contributed by atoms with Gasteiger partial charge in [-0.2, -0.15) is 8.42 Å². The minimum atomic E-state index is -4.02. The van der Waals surface area contributed by atoms with E-state index in [0.717, 1.165) is 40.6 Å². The first-order chi connectivity index (χ1) is 26.0. The van der Waals surface area contributed by atoms with Crippen LogP contribution < -0.4 is 10.4 Å². The molecule has 4 aromatic rings. The van der Waals surface area contributed by atoms with Crippen molar-refractivity contribution in [2.45, 2.75) is 70.0 Å². The molecule has 2 fully saturated rings. The van der Waals surface area contributed by atoms with E-state index in [2.05, 4.69) is 45.0 Å². The van der Waals surface area contributed by atoms with Crippen LogP contribution in [0.2, 0.25) is 15.1 Å². The average Bonchev–Trinajstić information content (AvgIpc) is 3.97. The maximum absolute atomic E-state index is 15.6. The van der Waals surface area contributed by atoms with Crippen LogP contribution in [0.5, 0.6) is 0 Å². The number of hydrogen-bond acceptors (Lipinski definition) is 6. The predicted octanol–water partition coefficient (Wildman–Crippen LogP) is 8.09. The number of piperidine rings is 1. The largest absolute Gasteiger partial charge is 0.481 e. The summed E-state index contributed by atoms with van der Waals surface area (Å²) in [7, 11) is -7.10. The highest BCUT2D eigenvalue weighted by Gasteiger charge is 2.59. The summed E-state index contributed by atoms with van der Waals surface area (Å²) in [6.45, 7) is 7.77. The Bertz CT molecular complexity index is 2050. The van der Waals surface area contributed by atoms with Gasteiger partial charge in [0.05, 0.1) is 42.9 Å². The van der Waals surface area contributed by atoms with Gasteiger partial charge >= 0.3 is 5.97 Å². The zero-order valence-electron chi connectivity index (χ0n) is 31.8. The van der Waals surface area contributed by atoms with Crippen LogP contribution in [0.1, 0.15) is 70.0 Å². The second kappa shape index (κ2) is 16.2. The fourth-order valence-corrected chi connectivity index (χ4v) is 13.9. The number of rotatable bonds is 14. The third-order valence-corrected chi connectivity index (χ3v) is 17.5. The second-order valence-electron chi connectivity index (χ2n) is 16.3. The predicted molar refractivity (Wildman–Crippen MR) is 220 cm³/mol. The van der Waals surface area contributed by atoms with Gasteiger partial charge in [-0.25, -0.2) is 0 Å². The molecule has 1 heterocycles. The Morgan fingerprint density at radius 3 is 1.95 bits per heavy atom. The van der Waals surface area contributed by atoms with E-state index in [0.29, 0.717) is 10.0 Å². The number of nitrogens with zero attached hydrogens (tertiary/aromatic N) is 1. The number of likely N-dealkylation sites (tertiary alicyclic amines) is 1. The molecule has 1 aliphatic carbocycles. The quantitative estimate of drug-likeness (QED) is 0.101. The number of halogens is 2. The normalized spacial score (nSPS) is 21.9. The number of carbonyl (C=O) groups is 2. The van der Waals surface area contributed by atoms with Gasteiger partial charge in [0.1, 0.15) is 0 Å². The Kier molecular flexibility index (Phi) is 12.1. The van der Waals surface area contributed by atoms with E-state index < -0.39 is 66.3 Å². The van der Waals surface area contributed by atoms with Crippen molar-refractivity contribution in [3.05, 3.63) is 130 Å². The highest BCUT2D eigenvalue weighted by atomic mass is 35.5. The first-order valence-corrected chi connectivity index (χ1v) is 23.1. The van der Waals surface area contributed by atoms with Crippen LogP contribution >= 0.6 is 23.2 Å². The van der Waals surface area contributed by atoms with E-state index in [1.807, 2.05) is 71.6 Å². The third kappa shape index (κ3) is 8.60. The van der Waals surface area contributed by atoms with Crippen molar-refractivity contribution in [1.29, 1.82) is 0 Å². The van der Waals surface area contributed by atoms with Gasteiger partial charge in [0.25, 0.3) is 18.4 Å². The summed E-state index contributed by atoms with van der Waals surface area (Å²) in [6.07, 6.45) is 2.70. The Labute approximate surface area is 336 Å². The molecule has 292 valence electrons. The molecule has 1 amide bonds. The lowest BCUT2D eigenvalue weighted by atomic mass is 9.63. The molecule has 0 aromatic heterocycles. The van der Waals surface area contributed by atoms with Crippen molar-refractivity contribution < 1.29 is 31.7 Å². The molecule has 1 N–H and O–H groups in total. The molecule has 1 saturated carbocycles. The maximum Gasteiger partial charge on any atom is 0.309 e. The molecule has 6 rings (SSSR count). The fraction of sp³-hybridized carbons (Fsp3) is 0.395. The lowest BCUT2D eigenvalue weighted by molar-refractivity contribution is -0.170. The zero-order valence-corrected chi connectivity index (χ0v) is 35.2. The number of amides is 1. The summed E-state index contributed by atoms with van der Waals surface area (Å²) in [5.41, 5.74) is 0.0729. The van der Waals surface area contributed by atoms with Crippen LogP contribution in [0.15, 0.2) is 109 Å². The number of benzene rings is 4. The van der Waals surface area contributed by atoms with Crippen molar-refractivity contribution in [2.24, 2.45) is 17.3 Å². The Hall–Kier alpha value is -3.51. The molecule has 1 unspecified atom stereocenters. The summed E-state index contributed by atoms with van der Waals surface area (Å²) in [4.78, 5) is 30.6. The highest BCUT2D eigenvalue weighted by molar-refractivity contribution is 7.86. The van der Waals surface area contributed by atoms with E-state index in [9.17, 15) is 18.3 Å². The fourth-order valence-electron chi connectivity index (χ4n) is 8.63. The Morgan fingerprint density at radius 1 is 0.873 bits per heavy atom. The number of aliphatic carboxylic acids is 1. The molecule has 55 heavy (non-hydrogen) atoms. The van der Waals surface area contributed by atoms with Crippen LogP contribution in [0.25, 0.3) is 0 Å². The third-order valence-electron chi connectivity index (χ3n) is 11.5. The molecule has 0 bridgehead atoms. The SMILES string of the molecule is CC(C)(C)[Si](OC[C@H](C1CC1)N1C(=O)[C@@](C)(C(COS(C)(=O)=O)C(=O)O)C[C@H](c2cccc(Cl)c2)[C@H]1c1ccc(Cl)cc1)(c1ccccc1)c1ccccc1. The Balaban J connectivity index is 1.56. The Morgan fingerprint density at radius 2 is 1.45 bits per heavy atom. The molecule has 4 aromatic carbocycles. The lowest BCUT2D eigenvalue weighted by Gasteiger charge is -2.54. The van der Waals surface area contributed by atoms with Crippen LogP contribution in [0, 0.1) is 17.3 Å².